The average molecular weight is 395 g/mol. The molecule has 0 unspecified atom stereocenters. The number of benzene rings is 2. The van der Waals surface area contributed by atoms with E-state index in [-0.39, 0.29) is 11.8 Å². The van der Waals surface area contributed by atoms with Crippen molar-refractivity contribution < 1.29 is 18.8 Å². The van der Waals surface area contributed by atoms with Crippen LogP contribution in [0.4, 0.5) is 10.1 Å². The molecule has 29 heavy (non-hydrogen) atoms. The third-order valence-electron chi connectivity index (χ3n) is 5.38. The second-order valence-corrected chi connectivity index (χ2v) is 7.60. The van der Waals surface area contributed by atoms with Gasteiger partial charge in [-0.05, 0) is 49.6 Å². The maximum Gasteiger partial charge on any atom is 0.273 e. The number of carbonyl (C=O) groups excluding carboxylic acids is 2. The van der Waals surface area contributed by atoms with E-state index in [9.17, 15) is 14.0 Å². The molecule has 0 aliphatic carbocycles. The van der Waals surface area contributed by atoms with Gasteiger partial charge in [0.2, 0.25) is 0 Å². The Morgan fingerprint density at radius 1 is 1.21 bits per heavy atom. The van der Waals surface area contributed by atoms with E-state index in [1.54, 1.807) is 36.1 Å². The van der Waals surface area contributed by atoms with Crippen LogP contribution in [0.1, 0.15) is 35.2 Å². The lowest BCUT2D eigenvalue weighted by Gasteiger charge is -2.38. The fourth-order valence-electron chi connectivity index (χ4n) is 3.77. The third-order valence-corrected chi connectivity index (χ3v) is 5.38. The molecule has 150 valence electrons. The summed E-state index contributed by atoms with van der Waals surface area (Å²) in [6.45, 7) is 2.53. The molecule has 0 bridgehead atoms. The number of rotatable bonds is 3. The van der Waals surface area contributed by atoms with Gasteiger partial charge in [-0.25, -0.2) is 4.39 Å². The molecule has 1 spiro atoms. The Balaban J connectivity index is 1.42. The predicted octanol–water partition coefficient (Wildman–Crippen LogP) is 3.52. The molecule has 2 amide bonds. The molecule has 1 fully saturated rings. The number of hydrogen-bond donors (Lipinski definition) is 1. The first-order valence-corrected chi connectivity index (χ1v) is 9.63. The van der Waals surface area contributed by atoms with Gasteiger partial charge in [0, 0.05) is 24.2 Å². The van der Waals surface area contributed by atoms with Crippen molar-refractivity contribution in [1.82, 2.24) is 4.90 Å². The van der Waals surface area contributed by atoms with E-state index >= 15 is 0 Å². The van der Waals surface area contributed by atoms with Crippen LogP contribution in [0.3, 0.4) is 0 Å². The zero-order valence-corrected chi connectivity index (χ0v) is 16.2. The number of amides is 2. The number of piperidine rings is 1. The molecule has 0 saturated carbocycles. The molecular weight excluding hydrogens is 373 g/mol. The Hall–Kier alpha value is -3.22. The van der Waals surface area contributed by atoms with Crippen LogP contribution in [0.25, 0.3) is 0 Å². The van der Waals surface area contributed by atoms with Crippen molar-refractivity contribution in [3.05, 3.63) is 65.5 Å². The molecular formula is C22H22FN3O3. The number of nitrogens with one attached hydrogen (secondary N) is 1. The Kier molecular flexibility index (Phi) is 5.05. The number of aryl methyl sites for hydroxylation is 1. The number of nitrogens with zero attached hydrogens (tertiary/aromatic N) is 2. The molecule has 2 aliphatic heterocycles. The van der Waals surface area contributed by atoms with Crippen molar-refractivity contribution in [2.75, 3.05) is 18.4 Å². The highest BCUT2D eigenvalue weighted by molar-refractivity contribution is 6.43. The molecule has 1 saturated heterocycles. The Morgan fingerprint density at radius 3 is 2.76 bits per heavy atom. The molecule has 1 N–H and O–H groups in total. The topological polar surface area (TPSA) is 71.0 Å². The monoisotopic (exact) mass is 395 g/mol. The number of halogens is 1. The lowest BCUT2D eigenvalue weighted by Crippen LogP contribution is -2.50. The summed E-state index contributed by atoms with van der Waals surface area (Å²) in [6, 6.07) is 13.6. The van der Waals surface area contributed by atoms with Crippen molar-refractivity contribution in [3.8, 4) is 0 Å². The van der Waals surface area contributed by atoms with Crippen molar-refractivity contribution in [1.29, 1.82) is 0 Å². The first kappa shape index (κ1) is 19.1. The normalized spacial score (nSPS) is 20.9. The van der Waals surface area contributed by atoms with Crippen molar-refractivity contribution >= 4 is 23.2 Å². The van der Waals surface area contributed by atoms with Crippen molar-refractivity contribution in [2.24, 2.45) is 5.16 Å². The van der Waals surface area contributed by atoms with Gasteiger partial charge in [0.25, 0.3) is 11.8 Å². The van der Waals surface area contributed by atoms with Crippen LogP contribution in [-0.2, 0) is 9.63 Å². The van der Waals surface area contributed by atoms with E-state index in [1.165, 1.54) is 6.07 Å². The molecule has 0 radical (unpaired) electrons. The van der Waals surface area contributed by atoms with Crippen molar-refractivity contribution in [2.45, 2.75) is 31.8 Å². The van der Waals surface area contributed by atoms with Crippen LogP contribution < -0.4 is 5.32 Å². The first-order valence-electron chi connectivity index (χ1n) is 9.63. The van der Waals surface area contributed by atoms with Gasteiger partial charge in [0.05, 0.1) is 6.54 Å². The summed E-state index contributed by atoms with van der Waals surface area (Å²) in [7, 11) is 0. The summed E-state index contributed by atoms with van der Waals surface area (Å²) >= 11 is 0. The third kappa shape index (κ3) is 3.99. The zero-order chi connectivity index (χ0) is 20.4. The minimum atomic E-state index is -0.708. The number of oxime groups is 1. The molecule has 2 aromatic carbocycles. The summed E-state index contributed by atoms with van der Waals surface area (Å²) in [6.07, 6.45) is 1.76. The van der Waals surface area contributed by atoms with Gasteiger partial charge in [-0.3, -0.25) is 9.59 Å². The van der Waals surface area contributed by atoms with E-state index in [0.717, 1.165) is 6.42 Å². The number of hydrogen-bond acceptors (Lipinski definition) is 4. The van der Waals surface area contributed by atoms with Gasteiger partial charge in [0.15, 0.2) is 5.60 Å². The summed E-state index contributed by atoms with van der Waals surface area (Å²) in [4.78, 5) is 32.7. The maximum absolute atomic E-state index is 13.9. The van der Waals surface area contributed by atoms with E-state index in [0.29, 0.717) is 48.5 Å². The lowest BCUT2D eigenvalue weighted by atomic mass is 9.87. The molecule has 7 heteroatoms. The van der Waals surface area contributed by atoms with Gasteiger partial charge >= 0.3 is 0 Å². The highest BCUT2D eigenvalue weighted by Gasteiger charge is 2.45. The van der Waals surface area contributed by atoms with Gasteiger partial charge in [-0.2, -0.15) is 0 Å². The Morgan fingerprint density at radius 2 is 2.00 bits per heavy atom. The van der Waals surface area contributed by atoms with E-state index < -0.39 is 11.4 Å². The summed E-state index contributed by atoms with van der Waals surface area (Å²) in [5, 5.41) is 6.81. The first-order chi connectivity index (χ1) is 14.0. The standard InChI is InChI=1S/C22H22FN3O3/c1-15-8-9-16(12-18(15)23)21(28)26-11-5-10-22(14-26)13-19(25-29-22)20(27)24-17-6-3-2-4-7-17/h2-4,6-9,12H,5,10-11,13-14H2,1H3,(H,24,27)/t22-/m1/s1. The van der Waals surface area contributed by atoms with Crippen molar-refractivity contribution in [3.63, 3.8) is 0 Å². The lowest BCUT2D eigenvalue weighted by molar-refractivity contribution is -0.110. The smallest absolute Gasteiger partial charge is 0.273 e. The highest BCUT2D eigenvalue weighted by atomic mass is 19.1. The van der Waals surface area contributed by atoms with Crippen LogP contribution in [0.2, 0.25) is 0 Å². The minimum Gasteiger partial charge on any atom is -0.386 e. The second-order valence-electron chi connectivity index (χ2n) is 7.60. The fourth-order valence-corrected chi connectivity index (χ4v) is 3.77. The van der Waals surface area contributed by atoms with Gasteiger partial charge in [0.1, 0.15) is 11.5 Å². The molecule has 6 nitrogen and oxygen atoms in total. The molecule has 1 atom stereocenters. The molecule has 2 aliphatic rings. The largest absolute Gasteiger partial charge is 0.386 e. The summed E-state index contributed by atoms with van der Waals surface area (Å²) in [5.74, 6) is -0.950. The van der Waals surface area contributed by atoms with Crippen LogP contribution in [0.5, 0.6) is 0 Å². The molecule has 4 rings (SSSR count). The van der Waals surface area contributed by atoms with Crippen LogP contribution >= 0.6 is 0 Å². The number of para-hydroxylation sites is 1. The minimum absolute atomic E-state index is 0.242. The van der Waals surface area contributed by atoms with E-state index in [4.69, 9.17) is 4.84 Å². The predicted molar refractivity (Wildman–Crippen MR) is 107 cm³/mol. The fraction of sp³-hybridized carbons (Fsp3) is 0.318. The summed E-state index contributed by atoms with van der Waals surface area (Å²) in [5.41, 5.74) is 1.09. The average Bonchev–Trinajstić information content (AvgIpc) is 3.13. The van der Waals surface area contributed by atoms with Gasteiger partial charge < -0.3 is 15.1 Å². The number of carbonyl (C=O) groups is 2. The summed E-state index contributed by atoms with van der Waals surface area (Å²) < 4.78 is 13.9. The maximum atomic E-state index is 13.9. The SMILES string of the molecule is Cc1ccc(C(=O)N2CCC[C@@]3(CC(C(=O)Nc4ccccc4)=NO3)C2)cc1F. The molecule has 2 aromatic rings. The van der Waals surface area contributed by atoms with Crippen LogP contribution in [0.15, 0.2) is 53.7 Å². The molecule has 2 heterocycles. The van der Waals surface area contributed by atoms with Crippen LogP contribution in [0, 0.1) is 12.7 Å². The van der Waals surface area contributed by atoms with Gasteiger partial charge in [-0.1, -0.05) is 29.4 Å². The van der Waals surface area contributed by atoms with E-state index in [1.807, 2.05) is 18.2 Å². The van der Waals surface area contributed by atoms with Gasteiger partial charge in [-0.15, -0.1) is 0 Å². The van der Waals surface area contributed by atoms with Crippen LogP contribution in [-0.4, -0.2) is 41.1 Å². The number of anilines is 1. The quantitative estimate of drug-likeness (QED) is 0.864. The Labute approximate surface area is 168 Å². The Bertz CT molecular complexity index is 977. The molecule has 0 aromatic heterocycles. The van der Waals surface area contributed by atoms with E-state index in [2.05, 4.69) is 10.5 Å². The second kappa shape index (κ2) is 7.66. The zero-order valence-electron chi connectivity index (χ0n) is 16.2. The highest BCUT2D eigenvalue weighted by Crippen LogP contribution is 2.34. The number of likely N-dealkylation sites (tertiary alicyclic amines) is 1.